The molecule has 0 aliphatic carbocycles. The van der Waals surface area contributed by atoms with Crippen LogP contribution in [-0.2, 0) is 11.3 Å². The van der Waals surface area contributed by atoms with Gasteiger partial charge in [-0.25, -0.2) is 4.98 Å². The van der Waals surface area contributed by atoms with E-state index in [1.165, 1.54) is 10.8 Å². The third-order valence-electron chi connectivity index (χ3n) is 4.67. The second kappa shape index (κ2) is 17.3. The quantitative estimate of drug-likeness (QED) is 0.377. The molecule has 1 unspecified atom stereocenters. The van der Waals surface area contributed by atoms with Gasteiger partial charge in [0, 0.05) is 23.5 Å². The van der Waals surface area contributed by atoms with Gasteiger partial charge in [-0.05, 0) is 30.0 Å². The Balaban J connectivity index is 0.000000824. The minimum atomic E-state index is 0.352. The van der Waals surface area contributed by atoms with Crippen molar-refractivity contribution in [3.8, 4) is 11.3 Å². The van der Waals surface area contributed by atoms with Crippen molar-refractivity contribution in [2.45, 2.75) is 74.4 Å². The van der Waals surface area contributed by atoms with E-state index in [9.17, 15) is 4.79 Å². The van der Waals surface area contributed by atoms with Gasteiger partial charge >= 0.3 is 0 Å². The van der Waals surface area contributed by atoms with Gasteiger partial charge in [-0.1, -0.05) is 90.9 Å². The number of thiazole rings is 1. The summed E-state index contributed by atoms with van der Waals surface area (Å²) in [5, 5.41) is 5.48. The van der Waals surface area contributed by atoms with E-state index < -0.39 is 0 Å². The first-order valence-corrected chi connectivity index (χ1v) is 12.7. The molecule has 0 fully saturated rings. The number of carbonyl (C=O) groups excluding carboxylic acids is 1. The molecule has 0 aliphatic rings. The first-order valence-electron chi connectivity index (χ1n) is 11.8. The van der Waals surface area contributed by atoms with Crippen molar-refractivity contribution in [2.24, 2.45) is 11.7 Å². The molecule has 3 rings (SSSR count). The smallest absolute Gasteiger partial charge is 0.210 e. The number of amides is 1. The van der Waals surface area contributed by atoms with Crippen LogP contribution in [0.15, 0.2) is 47.8 Å². The molecule has 0 bridgehead atoms. The van der Waals surface area contributed by atoms with E-state index in [4.69, 9.17) is 10.7 Å². The predicted molar refractivity (Wildman–Crippen MR) is 143 cm³/mol. The van der Waals surface area contributed by atoms with Crippen molar-refractivity contribution in [1.82, 2.24) is 9.88 Å². The summed E-state index contributed by atoms with van der Waals surface area (Å²) in [5.74, 6) is 0.630. The van der Waals surface area contributed by atoms with E-state index in [2.05, 4.69) is 62.5 Å². The van der Waals surface area contributed by atoms with Gasteiger partial charge in [0.2, 0.25) is 6.41 Å². The highest BCUT2D eigenvalue weighted by molar-refractivity contribution is 7.09. The summed E-state index contributed by atoms with van der Waals surface area (Å²) < 4.78 is 0. The van der Waals surface area contributed by atoms with Gasteiger partial charge in [0.15, 0.2) is 0 Å². The largest absolute Gasteiger partial charge is 0.339 e. The Morgan fingerprint density at radius 1 is 1.03 bits per heavy atom. The molecule has 32 heavy (non-hydrogen) atoms. The summed E-state index contributed by atoms with van der Waals surface area (Å²) in [4.78, 5) is 17.5. The lowest BCUT2D eigenvalue weighted by Gasteiger charge is -2.13. The fourth-order valence-electron chi connectivity index (χ4n) is 2.59. The van der Waals surface area contributed by atoms with Gasteiger partial charge in [0.05, 0.1) is 12.2 Å². The third kappa shape index (κ3) is 9.92. The summed E-state index contributed by atoms with van der Waals surface area (Å²) in [6, 6.07) is 15.0. The fraction of sp³-hybridized carbons (Fsp3) is 0.481. The second-order valence-electron chi connectivity index (χ2n) is 7.33. The molecular weight excluding hydrogens is 414 g/mol. The molecule has 1 heterocycles. The molecule has 178 valence electrons. The number of hydrogen-bond acceptors (Lipinski definition) is 4. The van der Waals surface area contributed by atoms with Crippen molar-refractivity contribution in [3.63, 3.8) is 0 Å². The number of hydrogen-bond donors (Lipinski definition) is 1. The van der Waals surface area contributed by atoms with Crippen LogP contribution in [0.2, 0.25) is 0 Å². The molecule has 3 aromatic rings. The number of aromatic nitrogens is 1. The second-order valence-corrected chi connectivity index (χ2v) is 8.27. The highest BCUT2D eigenvalue weighted by Crippen LogP contribution is 2.29. The average molecular weight is 458 g/mol. The molecule has 1 atom stereocenters. The first kappa shape index (κ1) is 29.8. The molecule has 1 aromatic heterocycles. The molecular formula is C27H43N3OS. The standard InChI is InChI=1S/C18H18N2OS.C5H13N.2C2H6/c1-2-10-20(13-21)11-18-19-17(12-22-18)16-9-5-7-14-6-3-4-8-15(14)16;1-4(2)5(3)6;2*1-2/h3-9,12-13H,2,10-11H2,1H3;4-5H,6H2,1-3H3;2*1-2H3. The van der Waals surface area contributed by atoms with Crippen molar-refractivity contribution < 1.29 is 4.79 Å². The van der Waals surface area contributed by atoms with Crippen LogP contribution in [0.5, 0.6) is 0 Å². The molecule has 0 saturated heterocycles. The number of fused-ring (bicyclic) bond motifs is 1. The summed E-state index contributed by atoms with van der Waals surface area (Å²) in [5.41, 5.74) is 7.57. The van der Waals surface area contributed by atoms with Crippen molar-refractivity contribution in [1.29, 1.82) is 0 Å². The fourth-order valence-corrected chi connectivity index (χ4v) is 3.40. The molecule has 0 saturated carbocycles. The maximum atomic E-state index is 11.1. The summed E-state index contributed by atoms with van der Waals surface area (Å²) >= 11 is 1.61. The lowest BCUT2D eigenvalue weighted by atomic mass is 10.0. The Morgan fingerprint density at radius 2 is 1.62 bits per heavy atom. The van der Waals surface area contributed by atoms with Gasteiger partial charge in [-0.15, -0.1) is 11.3 Å². The Labute approximate surface area is 199 Å². The van der Waals surface area contributed by atoms with Crippen LogP contribution < -0.4 is 5.73 Å². The number of carbonyl (C=O) groups is 1. The van der Waals surface area contributed by atoms with Crippen molar-refractivity contribution in [3.05, 3.63) is 52.9 Å². The zero-order chi connectivity index (χ0) is 24.5. The highest BCUT2D eigenvalue weighted by Gasteiger charge is 2.10. The van der Waals surface area contributed by atoms with Crippen LogP contribution in [0.1, 0.15) is 66.8 Å². The molecule has 0 spiro atoms. The Morgan fingerprint density at radius 3 is 2.19 bits per heavy atom. The number of benzene rings is 2. The Hall–Kier alpha value is -2.24. The maximum absolute atomic E-state index is 11.1. The van der Waals surface area contributed by atoms with E-state index in [1.807, 2.05) is 40.7 Å². The van der Waals surface area contributed by atoms with E-state index in [0.29, 0.717) is 18.5 Å². The minimum absolute atomic E-state index is 0.352. The summed E-state index contributed by atoms with van der Waals surface area (Å²) in [6.45, 7) is 17.7. The lowest BCUT2D eigenvalue weighted by Crippen LogP contribution is -2.21. The van der Waals surface area contributed by atoms with Gasteiger partial charge in [-0.2, -0.15) is 0 Å². The van der Waals surface area contributed by atoms with Crippen molar-refractivity contribution in [2.75, 3.05) is 6.54 Å². The van der Waals surface area contributed by atoms with E-state index in [0.717, 1.165) is 35.6 Å². The van der Waals surface area contributed by atoms with Gasteiger partial charge < -0.3 is 10.6 Å². The molecule has 0 aliphatic heterocycles. The zero-order valence-corrected chi connectivity index (χ0v) is 22.1. The monoisotopic (exact) mass is 457 g/mol. The van der Waals surface area contributed by atoms with Crippen LogP contribution in [0, 0.1) is 5.92 Å². The van der Waals surface area contributed by atoms with Crippen molar-refractivity contribution >= 4 is 28.5 Å². The highest BCUT2D eigenvalue weighted by atomic mass is 32.1. The zero-order valence-electron chi connectivity index (χ0n) is 21.3. The van der Waals surface area contributed by atoms with Crippen LogP contribution in [-0.4, -0.2) is 28.9 Å². The lowest BCUT2D eigenvalue weighted by molar-refractivity contribution is -0.118. The Kier molecular flexibility index (Phi) is 16.1. The number of nitrogens with two attached hydrogens (primary N) is 1. The van der Waals surface area contributed by atoms with E-state index in [-0.39, 0.29) is 0 Å². The van der Waals surface area contributed by atoms with Crippen LogP contribution in [0.4, 0.5) is 0 Å². The normalized spacial score (nSPS) is 10.7. The van der Waals surface area contributed by atoms with E-state index >= 15 is 0 Å². The number of rotatable bonds is 7. The molecule has 1 amide bonds. The SMILES string of the molecule is CC.CC.CC(C)C(C)N.CCCN(C=O)Cc1nc(-c2cccc3ccccc23)cs1. The minimum Gasteiger partial charge on any atom is -0.339 e. The molecule has 2 aromatic carbocycles. The molecule has 4 nitrogen and oxygen atoms in total. The third-order valence-corrected chi connectivity index (χ3v) is 5.50. The first-order chi connectivity index (χ1) is 15.5. The molecule has 5 heteroatoms. The molecule has 0 radical (unpaired) electrons. The van der Waals surface area contributed by atoms with Gasteiger partial charge in [0.1, 0.15) is 5.01 Å². The average Bonchev–Trinajstić information content (AvgIpc) is 3.29. The van der Waals surface area contributed by atoms with Crippen LogP contribution in [0.25, 0.3) is 22.0 Å². The topological polar surface area (TPSA) is 59.2 Å². The van der Waals surface area contributed by atoms with Crippen LogP contribution >= 0.6 is 11.3 Å². The predicted octanol–water partition coefficient (Wildman–Crippen LogP) is 7.37. The number of nitrogens with zero attached hydrogens (tertiary/aromatic N) is 2. The van der Waals surface area contributed by atoms with Crippen LogP contribution in [0.3, 0.4) is 0 Å². The molecule has 2 N–H and O–H groups in total. The maximum Gasteiger partial charge on any atom is 0.210 e. The Bertz CT molecular complexity index is 863. The van der Waals surface area contributed by atoms with E-state index in [1.54, 1.807) is 16.2 Å². The summed E-state index contributed by atoms with van der Waals surface area (Å²) in [7, 11) is 0. The van der Waals surface area contributed by atoms with Gasteiger partial charge in [0.25, 0.3) is 0 Å². The summed E-state index contributed by atoms with van der Waals surface area (Å²) in [6.07, 6.45) is 1.86. The van der Waals surface area contributed by atoms with Gasteiger partial charge in [-0.3, -0.25) is 4.79 Å².